The molecule has 106 valence electrons. The molecule has 2 rings (SSSR count). The van der Waals surface area contributed by atoms with E-state index in [-0.39, 0.29) is 23.0 Å². The largest absolute Gasteiger partial charge is 0.349 e. The van der Waals surface area contributed by atoms with Crippen LogP contribution in [0.3, 0.4) is 0 Å². The Balaban J connectivity index is 1.79. The van der Waals surface area contributed by atoms with Crippen molar-refractivity contribution in [1.29, 1.82) is 0 Å². The normalized spacial score (nSPS) is 11.2. The van der Waals surface area contributed by atoms with Crippen molar-refractivity contribution >= 4 is 27.3 Å². The Bertz CT molecular complexity index is 656. The van der Waals surface area contributed by atoms with Crippen LogP contribution in [0.15, 0.2) is 40.3 Å². The van der Waals surface area contributed by atoms with Crippen molar-refractivity contribution in [3.05, 3.63) is 41.8 Å². The molecular weight excluding hydrogens is 300 g/mol. The van der Waals surface area contributed by atoms with Gasteiger partial charge in [0.1, 0.15) is 9.90 Å². The van der Waals surface area contributed by atoms with E-state index in [0.29, 0.717) is 0 Å². The van der Waals surface area contributed by atoms with E-state index in [2.05, 4.69) is 20.0 Å². The topological polar surface area (TPSA) is 101 Å². The Morgan fingerprint density at radius 3 is 2.80 bits per heavy atom. The second kappa shape index (κ2) is 6.55. The minimum atomic E-state index is -3.49. The molecule has 2 aromatic heterocycles. The molecule has 0 aliphatic heterocycles. The van der Waals surface area contributed by atoms with E-state index in [0.717, 1.165) is 11.3 Å². The van der Waals surface area contributed by atoms with Gasteiger partial charge in [0, 0.05) is 25.5 Å². The van der Waals surface area contributed by atoms with E-state index in [1.807, 2.05) is 0 Å². The van der Waals surface area contributed by atoms with Gasteiger partial charge in [-0.1, -0.05) is 6.07 Å². The fraction of sp³-hybridized carbons (Fsp3) is 0.182. The Morgan fingerprint density at radius 1 is 1.30 bits per heavy atom. The van der Waals surface area contributed by atoms with Crippen molar-refractivity contribution in [3.8, 4) is 0 Å². The smallest absolute Gasteiger partial charge is 0.271 e. The van der Waals surface area contributed by atoms with Crippen LogP contribution < -0.4 is 10.0 Å². The molecule has 0 atom stereocenters. The fourth-order valence-corrected chi connectivity index (χ4v) is 3.43. The van der Waals surface area contributed by atoms with Crippen LogP contribution in [0.2, 0.25) is 0 Å². The van der Waals surface area contributed by atoms with Gasteiger partial charge in [0.15, 0.2) is 0 Å². The zero-order chi connectivity index (χ0) is 14.4. The molecule has 0 bridgehead atoms. The number of sulfonamides is 1. The SMILES string of the molecule is O=C(NCCNS(=O)(=O)c1cccs1)c1cnccn1. The van der Waals surface area contributed by atoms with Crippen molar-refractivity contribution in [2.45, 2.75) is 4.21 Å². The van der Waals surface area contributed by atoms with Gasteiger partial charge in [-0.15, -0.1) is 11.3 Å². The highest BCUT2D eigenvalue weighted by atomic mass is 32.2. The van der Waals surface area contributed by atoms with E-state index in [9.17, 15) is 13.2 Å². The second-order valence-electron chi connectivity index (χ2n) is 3.68. The van der Waals surface area contributed by atoms with Crippen molar-refractivity contribution in [2.75, 3.05) is 13.1 Å². The van der Waals surface area contributed by atoms with E-state index < -0.39 is 15.9 Å². The summed E-state index contributed by atoms with van der Waals surface area (Å²) in [7, 11) is -3.49. The Morgan fingerprint density at radius 2 is 2.15 bits per heavy atom. The van der Waals surface area contributed by atoms with Crippen LogP contribution in [0, 0.1) is 0 Å². The van der Waals surface area contributed by atoms with Crippen LogP contribution in [-0.4, -0.2) is 37.4 Å². The lowest BCUT2D eigenvalue weighted by Crippen LogP contribution is -2.34. The molecule has 9 heteroatoms. The van der Waals surface area contributed by atoms with E-state index in [1.165, 1.54) is 24.7 Å². The third kappa shape index (κ3) is 3.83. The Kier molecular flexibility index (Phi) is 4.77. The zero-order valence-electron chi connectivity index (χ0n) is 10.3. The van der Waals surface area contributed by atoms with E-state index in [4.69, 9.17) is 0 Å². The van der Waals surface area contributed by atoms with Crippen LogP contribution in [0.1, 0.15) is 10.5 Å². The van der Waals surface area contributed by atoms with Gasteiger partial charge in [-0.25, -0.2) is 18.1 Å². The number of thiophene rings is 1. The lowest BCUT2D eigenvalue weighted by atomic mass is 10.4. The van der Waals surface area contributed by atoms with Crippen LogP contribution in [-0.2, 0) is 10.0 Å². The summed E-state index contributed by atoms with van der Waals surface area (Å²) in [5.41, 5.74) is 0.189. The predicted molar refractivity (Wildman–Crippen MR) is 73.9 cm³/mol. The van der Waals surface area contributed by atoms with Crippen molar-refractivity contribution in [3.63, 3.8) is 0 Å². The maximum absolute atomic E-state index is 11.8. The molecule has 2 N–H and O–H groups in total. The van der Waals surface area contributed by atoms with Gasteiger partial charge in [-0.2, -0.15) is 0 Å². The number of hydrogen-bond acceptors (Lipinski definition) is 6. The first-order valence-corrected chi connectivity index (χ1v) is 8.03. The summed E-state index contributed by atoms with van der Waals surface area (Å²) in [6.07, 6.45) is 4.21. The first kappa shape index (κ1) is 14.6. The summed E-state index contributed by atoms with van der Waals surface area (Å²) in [5, 5.41) is 4.24. The molecule has 0 aliphatic rings. The highest BCUT2D eigenvalue weighted by Crippen LogP contribution is 2.14. The Hall–Kier alpha value is -1.84. The van der Waals surface area contributed by atoms with Gasteiger partial charge in [-0.05, 0) is 11.4 Å². The zero-order valence-corrected chi connectivity index (χ0v) is 11.9. The lowest BCUT2D eigenvalue weighted by molar-refractivity contribution is 0.0949. The first-order valence-electron chi connectivity index (χ1n) is 5.67. The third-order valence-corrected chi connectivity index (χ3v) is 5.12. The molecule has 0 saturated heterocycles. The molecule has 1 amide bonds. The summed E-state index contributed by atoms with van der Waals surface area (Å²) in [4.78, 5) is 19.2. The van der Waals surface area contributed by atoms with Gasteiger partial charge in [-0.3, -0.25) is 9.78 Å². The molecular formula is C11H12N4O3S2. The van der Waals surface area contributed by atoms with Crippen LogP contribution >= 0.6 is 11.3 Å². The molecule has 0 radical (unpaired) electrons. The van der Waals surface area contributed by atoms with Gasteiger partial charge in [0.25, 0.3) is 5.91 Å². The molecule has 0 unspecified atom stereocenters. The fourth-order valence-electron chi connectivity index (χ4n) is 1.36. The summed E-state index contributed by atoms with van der Waals surface area (Å²) in [6, 6.07) is 3.18. The highest BCUT2D eigenvalue weighted by Gasteiger charge is 2.14. The summed E-state index contributed by atoms with van der Waals surface area (Å²) < 4.78 is 26.2. The van der Waals surface area contributed by atoms with Gasteiger partial charge >= 0.3 is 0 Å². The van der Waals surface area contributed by atoms with Crippen LogP contribution in [0.25, 0.3) is 0 Å². The van der Waals surface area contributed by atoms with Gasteiger partial charge in [0.2, 0.25) is 10.0 Å². The first-order chi connectivity index (χ1) is 9.59. The number of nitrogens with one attached hydrogen (secondary N) is 2. The lowest BCUT2D eigenvalue weighted by Gasteiger charge is -2.06. The van der Waals surface area contributed by atoms with Crippen LogP contribution in [0.5, 0.6) is 0 Å². The molecule has 0 aromatic carbocycles. The number of rotatable bonds is 6. The van der Waals surface area contributed by atoms with E-state index in [1.54, 1.807) is 11.4 Å². The molecule has 7 nitrogen and oxygen atoms in total. The molecule has 0 aliphatic carbocycles. The third-order valence-electron chi connectivity index (χ3n) is 2.26. The van der Waals surface area contributed by atoms with E-state index >= 15 is 0 Å². The molecule has 0 spiro atoms. The molecule has 2 heterocycles. The van der Waals surface area contributed by atoms with Crippen molar-refractivity contribution in [2.24, 2.45) is 0 Å². The summed E-state index contributed by atoms with van der Waals surface area (Å²) in [6.45, 7) is 0.270. The average molecular weight is 312 g/mol. The standard InChI is InChI=1S/C11H12N4O3S2/c16-11(9-8-12-3-4-13-9)14-5-6-15-20(17,18)10-2-1-7-19-10/h1-4,7-8,15H,5-6H2,(H,14,16). The maximum atomic E-state index is 11.8. The predicted octanol–water partition coefficient (Wildman–Crippen LogP) is 0.246. The van der Waals surface area contributed by atoms with Crippen LogP contribution in [0.4, 0.5) is 0 Å². The van der Waals surface area contributed by atoms with Crippen molar-refractivity contribution in [1.82, 2.24) is 20.0 Å². The number of nitrogens with zero attached hydrogens (tertiary/aromatic N) is 2. The number of carbonyl (C=O) groups excluding carboxylic acids is 1. The summed E-state index contributed by atoms with van der Waals surface area (Å²) >= 11 is 1.14. The number of carbonyl (C=O) groups is 1. The quantitative estimate of drug-likeness (QED) is 0.744. The molecule has 2 aromatic rings. The minimum Gasteiger partial charge on any atom is -0.349 e. The highest BCUT2D eigenvalue weighted by molar-refractivity contribution is 7.91. The number of aromatic nitrogens is 2. The second-order valence-corrected chi connectivity index (χ2v) is 6.62. The van der Waals surface area contributed by atoms with Gasteiger partial charge < -0.3 is 5.32 Å². The maximum Gasteiger partial charge on any atom is 0.271 e. The monoisotopic (exact) mass is 312 g/mol. The average Bonchev–Trinajstić information content (AvgIpc) is 2.99. The number of hydrogen-bond donors (Lipinski definition) is 2. The van der Waals surface area contributed by atoms with Crippen molar-refractivity contribution < 1.29 is 13.2 Å². The molecule has 0 fully saturated rings. The molecule has 20 heavy (non-hydrogen) atoms. The number of amides is 1. The minimum absolute atomic E-state index is 0.103. The Labute approximate surface area is 120 Å². The van der Waals surface area contributed by atoms with Gasteiger partial charge in [0.05, 0.1) is 6.20 Å². The summed E-state index contributed by atoms with van der Waals surface area (Å²) in [5.74, 6) is -0.395. The molecule has 0 saturated carbocycles.